The number of rotatable bonds is 13. The lowest BCUT2D eigenvalue weighted by Crippen LogP contribution is -2.25. The van der Waals surface area contributed by atoms with Gasteiger partial charge in [-0.15, -0.1) is 11.6 Å². The van der Waals surface area contributed by atoms with Gasteiger partial charge in [0.2, 0.25) is 0 Å². The number of hydrogen-bond acceptors (Lipinski definition) is 3. The Kier molecular flexibility index (Phi) is 11.5. The second kappa shape index (κ2) is 14.6. The molecule has 0 saturated heterocycles. The smallest absolute Gasteiger partial charge is 0.329 e. The van der Waals surface area contributed by atoms with Crippen LogP contribution in [-0.4, -0.2) is 11.3 Å². The predicted octanol–water partition coefficient (Wildman–Crippen LogP) is 9.83. The summed E-state index contributed by atoms with van der Waals surface area (Å²) in [5.41, 5.74) is 3.49. The van der Waals surface area contributed by atoms with E-state index in [1.807, 2.05) is 38.1 Å². The lowest BCUT2D eigenvalue weighted by atomic mass is 9.67. The van der Waals surface area contributed by atoms with Crippen LogP contribution in [0.25, 0.3) is 11.1 Å². The maximum Gasteiger partial charge on any atom is 0.329 e. The average Bonchev–Trinajstić information content (AvgIpc) is 2.93. The van der Waals surface area contributed by atoms with E-state index in [1.165, 1.54) is 50.5 Å². The molecule has 1 aliphatic rings. The van der Waals surface area contributed by atoms with Crippen molar-refractivity contribution in [2.45, 2.75) is 109 Å². The van der Waals surface area contributed by atoms with Gasteiger partial charge in [-0.3, -0.25) is 4.79 Å². The minimum atomic E-state index is -0.648. The van der Waals surface area contributed by atoms with Crippen LogP contribution in [0.2, 0.25) is 0 Å². The first-order valence-corrected chi connectivity index (χ1v) is 14.8. The summed E-state index contributed by atoms with van der Waals surface area (Å²) in [6, 6.07) is 19.1. The fourth-order valence-corrected chi connectivity index (χ4v) is 5.49. The molecule has 1 unspecified atom stereocenters. The van der Waals surface area contributed by atoms with Gasteiger partial charge in [-0.1, -0.05) is 102 Å². The van der Waals surface area contributed by atoms with Crippen molar-refractivity contribution < 1.29 is 9.53 Å². The number of carbonyl (C=O) groups excluding carboxylic acids is 1. The molecule has 0 spiro atoms. The average molecular weight is 522 g/mol. The first-order valence-electron chi connectivity index (χ1n) is 14.3. The zero-order valence-corrected chi connectivity index (χ0v) is 23.7. The van der Waals surface area contributed by atoms with Crippen LogP contribution in [0.5, 0.6) is 5.75 Å². The number of carbonyl (C=O) groups is 1. The number of ether oxygens (including phenoxy) is 1. The summed E-state index contributed by atoms with van der Waals surface area (Å²) in [6.07, 6.45) is 14.4. The lowest BCUT2D eigenvalue weighted by Gasteiger charge is -2.35. The molecule has 3 rings (SSSR count). The molecule has 0 N–H and O–H groups in total. The van der Waals surface area contributed by atoms with E-state index in [2.05, 4.69) is 37.3 Å². The molecule has 2 aromatic rings. The van der Waals surface area contributed by atoms with Gasteiger partial charge < -0.3 is 4.74 Å². The molecule has 0 aromatic heterocycles. The van der Waals surface area contributed by atoms with Gasteiger partial charge in [0.15, 0.2) is 0 Å². The summed E-state index contributed by atoms with van der Waals surface area (Å²) in [5, 5.41) is 9.32. The highest BCUT2D eigenvalue weighted by Crippen LogP contribution is 2.46. The van der Waals surface area contributed by atoms with Crippen molar-refractivity contribution in [1.82, 2.24) is 0 Å². The highest BCUT2D eigenvalue weighted by atomic mass is 35.5. The highest BCUT2D eigenvalue weighted by Gasteiger charge is 2.35. The van der Waals surface area contributed by atoms with Crippen LogP contribution in [0.1, 0.15) is 109 Å². The van der Waals surface area contributed by atoms with E-state index in [0.29, 0.717) is 11.7 Å². The molecule has 0 bridgehead atoms. The number of nitrogens with zero attached hydrogens (tertiary/aromatic N) is 1. The zero-order valence-electron chi connectivity index (χ0n) is 23.0. The van der Waals surface area contributed by atoms with Gasteiger partial charge in [0.05, 0.1) is 11.5 Å². The van der Waals surface area contributed by atoms with E-state index in [9.17, 15) is 10.1 Å². The molecular formula is C33H44ClNO2. The Morgan fingerprint density at radius 1 is 0.946 bits per heavy atom. The summed E-state index contributed by atoms with van der Waals surface area (Å²) in [5.74, 6) is 0.661. The Labute approximate surface area is 229 Å². The van der Waals surface area contributed by atoms with Crippen LogP contribution in [0.15, 0.2) is 48.5 Å². The van der Waals surface area contributed by atoms with E-state index in [4.69, 9.17) is 16.3 Å². The van der Waals surface area contributed by atoms with Crippen LogP contribution < -0.4 is 4.74 Å². The summed E-state index contributed by atoms with van der Waals surface area (Å²) in [4.78, 5) is 12.1. The molecule has 0 amide bonds. The largest absolute Gasteiger partial charge is 0.425 e. The van der Waals surface area contributed by atoms with E-state index in [1.54, 1.807) is 0 Å². The fourth-order valence-electron chi connectivity index (χ4n) is 5.45. The summed E-state index contributed by atoms with van der Waals surface area (Å²) in [7, 11) is 0. The maximum atomic E-state index is 12.1. The molecule has 1 atom stereocenters. The van der Waals surface area contributed by atoms with Crippen molar-refractivity contribution in [2.24, 2.45) is 11.3 Å². The number of esters is 1. The molecule has 1 aliphatic carbocycles. The minimum Gasteiger partial charge on any atom is -0.425 e. The van der Waals surface area contributed by atoms with E-state index < -0.39 is 11.3 Å². The number of nitriles is 1. The second-order valence-electron chi connectivity index (χ2n) is 11.3. The summed E-state index contributed by atoms with van der Waals surface area (Å²) in [6.45, 7) is 6.05. The Morgan fingerprint density at radius 3 is 2.03 bits per heavy atom. The van der Waals surface area contributed by atoms with Gasteiger partial charge in [0.1, 0.15) is 11.1 Å². The third-order valence-corrected chi connectivity index (χ3v) is 8.72. The van der Waals surface area contributed by atoms with Crippen molar-refractivity contribution >= 4 is 17.6 Å². The van der Waals surface area contributed by atoms with Crippen molar-refractivity contribution in [3.8, 4) is 22.9 Å². The van der Waals surface area contributed by atoms with Crippen LogP contribution in [0, 0.1) is 22.7 Å². The van der Waals surface area contributed by atoms with Gasteiger partial charge in [-0.25, -0.2) is 0 Å². The number of benzene rings is 2. The molecule has 1 saturated carbocycles. The standard InChI is InChI=1S/C33H44ClNO2/c1-4-5-6-7-8-9-10-21-33(24-35)22-19-29(20-23-33)27-13-11-26(12-14-27)28-15-17-30(18-16-28)37-32(36)31(34)25(2)3/h11-18,25,29,31H,4-10,19-23H2,1-3H3. The van der Waals surface area contributed by atoms with E-state index >= 15 is 0 Å². The molecule has 0 heterocycles. The highest BCUT2D eigenvalue weighted by molar-refractivity contribution is 6.30. The number of alkyl halides is 1. The van der Waals surface area contributed by atoms with Gasteiger partial charge in [0, 0.05) is 0 Å². The summed E-state index contributed by atoms with van der Waals surface area (Å²) >= 11 is 6.10. The van der Waals surface area contributed by atoms with E-state index in [-0.39, 0.29) is 11.3 Å². The molecule has 0 radical (unpaired) electrons. The Morgan fingerprint density at radius 2 is 1.49 bits per heavy atom. The SMILES string of the molecule is CCCCCCCCCC1(C#N)CCC(c2ccc(-c3ccc(OC(=O)C(Cl)C(C)C)cc3)cc2)CC1. The molecule has 0 aliphatic heterocycles. The zero-order chi connectivity index (χ0) is 26.7. The van der Waals surface area contributed by atoms with Crippen molar-refractivity contribution in [1.29, 1.82) is 5.26 Å². The van der Waals surface area contributed by atoms with E-state index in [0.717, 1.165) is 43.2 Å². The summed E-state index contributed by atoms with van der Waals surface area (Å²) < 4.78 is 5.41. The molecule has 2 aromatic carbocycles. The van der Waals surface area contributed by atoms with Crippen molar-refractivity contribution in [3.63, 3.8) is 0 Å². The second-order valence-corrected chi connectivity index (χ2v) is 11.7. The van der Waals surface area contributed by atoms with Gasteiger partial charge in [0.25, 0.3) is 0 Å². The fraction of sp³-hybridized carbons (Fsp3) is 0.576. The molecule has 200 valence electrons. The van der Waals surface area contributed by atoms with Crippen LogP contribution in [0.4, 0.5) is 0 Å². The third kappa shape index (κ3) is 8.61. The Hall–Kier alpha value is -2.31. The first-order chi connectivity index (χ1) is 17.9. The number of hydrogen-bond donors (Lipinski definition) is 0. The Bertz CT molecular complexity index is 998. The van der Waals surface area contributed by atoms with Gasteiger partial charge >= 0.3 is 5.97 Å². The van der Waals surface area contributed by atoms with Gasteiger partial charge in [-0.2, -0.15) is 5.26 Å². The van der Waals surface area contributed by atoms with Crippen LogP contribution >= 0.6 is 11.6 Å². The third-order valence-electron chi connectivity index (χ3n) is 8.04. The normalized spacial score (nSPS) is 20.4. The quantitative estimate of drug-likeness (QED) is 0.114. The molecule has 37 heavy (non-hydrogen) atoms. The monoisotopic (exact) mass is 521 g/mol. The molecule has 4 heteroatoms. The lowest BCUT2D eigenvalue weighted by molar-refractivity contribution is -0.134. The first kappa shape index (κ1) is 29.2. The molecule has 1 fully saturated rings. The van der Waals surface area contributed by atoms with Crippen molar-refractivity contribution in [3.05, 3.63) is 54.1 Å². The van der Waals surface area contributed by atoms with Crippen molar-refractivity contribution in [2.75, 3.05) is 0 Å². The number of halogens is 1. The van der Waals surface area contributed by atoms with Gasteiger partial charge in [-0.05, 0) is 72.8 Å². The maximum absolute atomic E-state index is 12.1. The Balaban J connectivity index is 1.49. The predicted molar refractivity (Wildman–Crippen MR) is 154 cm³/mol. The molecule has 3 nitrogen and oxygen atoms in total. The molecular weight excluding hydrogens is 478 g/mol. The number of unbranched alkanes of at least 4 members (excludes halogenated alkanes) is 6. The topological polar surface area (TPSA) is 50.1 Å². The van der Waals surface area contributed by atoms with Crippen LogP contribution in [0.3, 0.4) is 0 Å². The minimum absolute atomic E-state index is 0.0255. The van der Waals surface area contributed by atoms with Crippen LogP contribution in [-0.2, 0) is 4.79 Å².